The number of benzene rings is 2. The fraction of sp³-hybridized carbons (Fsp3) is 0.238. The van der Waals surface area contributed by atoms with Crippen molar-refractivity contribution < 1.29 is 29.3 Å². The van der Waals surface area contributed by atoms with E-state index in [4.69, 9.17) is 9.47 Å². The third-order valence-electron chi connectivity index (χ3n) is 3.69. The van der Waals surface area contributed by atoms with Crippen molar-refractivity contribution in [3.05, 3.63) is 59.2 Å². The van der Waals surface area contributed by atoms with Crippen LogP contribution in [0.5, 0.6) is 0 Å². The summed E-state index contributed by atoms with van der Waals surface area (Å²) in [5.74, 6) is 3.58. The summed E-state index contributed by atoms with van der Waals surface area (Å²) in [6.07, 6.45) is 0. The molecule has 0 aliphatic rings. The molecule has 2 aromatic carbocycles. The number of ether oxygens (including phenoxy) is 2. The predicted molar refractivity (Wildman–Crippen MR) is 100.0 cm³/mol. The van der Waals surface area contributed by atoms with Gasteiger partial charge in [-0.3, -0.25) is 0 Å². The van der Waals surface area contributed by atoms with E-state index in [1.54, 1.807) is 24.3 Å². The van der Waals surface area contributed by atoms with E-state index in [2.05, 4.69) is 11.8 Å². The Bertz CT molecular complexity index is 876. The Morgan fingerprint density at radius 3 is 2.41 bits per heavy atom. The van der Waals surface area contributed by atoms with Gasteiger partial charge in [-0.1, -0.05) is 30.0 Å². The van der Waals surface area contributed by atoms with Crippen molar-refractivity contribution in [3.8, 4) is 23.0 Å². The highest BCUT2D eigenvalue weighted by Crippen LogP contribution is 2.28. The van der Waals surface area contributed by atoms with Crippen LogP contribution in [0, 0.1) is 11.8 Å². The van der Waals surface area contributed by atoms with Gasteiger partial charge in [0.2, 0.25) is 0 Å². The largest absolute Gasteiger partial charge is 0.478 e. The molecule has 140 valence electrons. The minimum atomic E-state index is -1.14. The molecule has 0 heterocycles. The summed E-state index contributed by atoms with van der Waals surface area (Å²) in [7, 11) is 0. The summed E-state index contributed by atoms with van der Waals surface area (Å²) in [6.45, 7) is 3.68. The van der Waals surface area contributed by atoms with Gasteiger partial charge in [0.05, 0.1) is 24.3 Å². The first-order chi connectivity index (χ1) is 13.0. The van der Waals surface area contributed by atoms with Crippen LogP contribution < -0.4 is 0 Å². The second-order valence-electron chi connectivity index (χ2n) is 5.47. The van der Waals surface area contributed by atoms with E-state index in [0.29, 0.717) is 36.5 Å². The Kier molecular flexibility index (Phi) is 7.56. The molecule has 0 fully saturated rings. The van der Waals surface area contributed by atoms with Gasteiger partial charge in [0.15, 0.2) is 0 Å². The Hall–Kier alpha value is -3.14. The highest BCUT2D eigenvalue weighted by Gasteiger charge is 2.16. The number of hydrogen-bond donors (Lipinski definition) is 2. The van der Waals surface area contributed by atoms with Gasteiger partial charge in [-0.05, 0) is 42.3 Å². The summed E-state index contributed by atoms with van der Waals surface area (Å²) in [5.41, 5.74) is 1.49. The lowest BCUT2D eigenvalue weighted by molar-refractivity contribution is 0.0662. The molecular weight excluding hydrogens is 348 g/mol. The molecule has 0 unspecified atom stereocenters. The van der Waals surface area contributed by atoms with Crippen molar-refractivity contribution in [2.75, 3.05) is 26.4 Å². The zero-order valence-electron chi connectivity index (χ0n) is 14.9. The first kappa shape index (κ1) is 20.2. The summed E-state index contributed by atoms with van der Waals surface area (Å²) in [4.78, 5) is 22.8. The second kappa shape index (κ2) is 10.1. The molecule has 2 aromatic rings. The Balaban J connectivity index is 2.31. The quantitative estimate of drug-likeness (QED) is 0.549. The molecule has 0 saturated carbocycles. The lowest BCUT2D eigenvalue weighted by Gasteiger charge is -2.10. The summed E-state index contributed by atoms with van der Waals surface area (Å²) in [5, 5.41) is 18.7. The Labute approximate surface area is 157 Å². The molecule has 0 radical (unpaired) electrons. The molecular formula is C21H20O6. The molecule has 0 aliphatic heterocycles. The van der Waals surface area contributed by atoms with Crippen molar-refractivity contribution in [2.24, 2.45) is 0 Å². The van der Waals surface area contributed by atoms with E-state index in [-0.39, 0.29) is 17.7 Å². The maximum atomic E-state index is 11.6. The van der Waals surface area contributed by atoms with Crippen molar-refractivity contribution >= 4 is 11.9 Å². The van der Waals surface area contributed by atoms with Crippen LogP contribution in [-0.4, -0.2) is 48.6 Å². The van der Waals surface area contributed by atoms with E-state index < -0.39 is 11.9 Å². The molecule has 0 aromatic heterocycles. The third-order valence-corrected chi connectivity index (χ3v) is 3.69. The highest BCUT2D eigenvalue weighted by molar-refractivity contribution is 5.99. The second-order valence-corrected chi connectivity index (χ2v) is 5.47. The van der Waals surface area contributed by atoms with Crippen LogP contribution in [0.4, 0.5) is 0 Å². The van der Waals surface area contributed by atoms with Crippen molar-refractivity contribution in [1.29, 1.82) is 0 Å². The van der Waals surface area contributed by atoms with Gasteiger partial charge in [0, 0.05) is 12.2 Å². The predicted octanol–water partition coefficient (Wildman–Crippen LogP) is 3.15. The standard InChI is InChI=1S/C21H20O6/c1-2-26-12-13-27-11-5-7-15-6-3-4-8-17(15)19-14-16(20(22)23)9-10-18(19)21(24)25/h3-4,6,8-10,14H,2,11-13H2,1H3,(H,22,23)(H,24,25). The molecule has 6 heteroatoms. The van der Waals surface area contributed by atoms with Gasteiger partial charge in [-0.15, -0.1) is 0 Å². The number of rotatable bonds is 8. The topological polar surface area (TPSA) is 93.1 Å². The molecule has 0 saturated heterocycles. The third kappa shape index (κ3) is 5.68. The fourth-order valence-electron chi connectivity index (χ4n) is 2.43. The average molecular weight is 368 g/mol. The van der Waals surface area contributed by atoms with Crippen molar-refractivity contribution in [3.63, 3.8) is 0 Å². The number of carboxylic acid groups (broad SMARTS) is 2. The van der Waals surface area contributed by atoms with Crippen LogP contribution in [0.25, 0.3) is 11.1 Å². The van der Waals surface area contributed by atoms with E-state index in [1.165, 1.54) is 18.2 Å². The zero-order chi connectivity index (χ0) is 19.6. The number of hydrogen-bond acceptors (Lipinski definition) is 4. The van der Waals surface area contributed by atoms with Crippen LogP contribution in [0.1, 0.15) is 33.2 Å². The SMILES string of the molecule is CCOCCOCC#Cc1ccccc1-c1cc(C(=O)O)ccc1C(=O)O. The normalized spacial score (nSPS) is 10.1. The molecule has 6 nitrogen and oxygen atoms in total. The van der Waals surface area contributed by atoms with Gasteiger partial charge in [-0.25, -0.2) is 9.59 Å². The summed E-state index contributed by atoms with van der Waals surface area (Å²) in [6, 6.07) is 10.9. The van der Waals surface area contributed by atoms with Crippen molar-refractivity contribution in [1.82, 2.24) is 0 Å². The van der Waals surface area contributed by atoms with Crippen LogP contribution in [0.3, 0.4) is 0 Å². The Morgan fingerprint density at radius 2 is 1.70 bits per heavy atom. The lowest BCUT2D eigenvalue weighted by Crippen LogP contribution is -2.04. The van der Waals surface area contributed by atoms with Gasteiger partial charge in [-0.2, -0.15) is 0 Å². The van der Waals surface area contributed by atoms with Crippen LogP contribution in [0.15, 0.2) is 42.5 Å². The average Bonchev–Trinajstić information content (AvgIpc) is 2.67. The first-order valence-corrected chi connectivity index (χ1v) is 8.39. The van der Waals surface area contributed by atoms with Crippen LogP contribution >= 0.6 is 0 Å². The first-order valence-electron chi connectivity index (χ1n) is 8.39. The van der Waals surface area contributed by atoms with Gasteiger partial charge in [0.1, 0.15) is 6.61 Å². The molecule has 0 aliphatic carbocycles. The molecule has 0 amide bonds. The highest BCUT2D eigenvalue weighted by atomic mass is 16.5. The van der Waals surface area contributed by atoms with E-state index in [0.717, 1.165) is 0 Å². The molecule has 0 spiro atoms. The van der Waals surface area contributed by atoms with Crippen LogP contribution in [-0.2, 0) is 9.47 Å². The van der Waals surface area contributed by atoms with Crippen LogP contribution in [0.2, 0.25) is 0 Å². The van der Waals surface area contributed by atoms with Gasteiger partial charge < -0.3 is 19.7 Å². The zero-order valence-corrected chi connectivity index (χ0v) is 14.9. The lowest BCUT2D eigenvalue weighted by atomic mass is 9.93. The smallest absolute Gasteiger partial charge is 0.336 e. The molecule has 2 rings (SSSR count). The monoisotopic (exact) mass is 368 g/mol. The molecule has 0 atom stereocenters. The van der Waals surface area contributed by atoms with E-state index >= 15 is 0 Å². The number of aromatic carboxylic acids is 2. The number of carbonyl (C=O) groups is 2. The van der Waals surface area contributed by atoms with E-state index in [9.17, 15) is 19.8 Å². The maximum absolute atomic E-state index is 11.6. The molecule has 0 bridgehead atoms. The Morgan fingerprint density at radius 1 is 0.963 bits per heavy atom. The minimum Gasteiger partial charge on any atom is -0.478 e. The maximum Gasteiger partial charge on any atom is 0.336 e. The van der Waals surface area contributed by atoms with Gasteiger partial charge in [0.25, 0.3) is 0 Å². The number of carboxylic acids is 2. The van der Waals surface area contributed by atoms with E-state index in [1.807, 2.05) is 6.92 Å². The summed E-state index contributed by atoms with van der Waals surface area (Å²) >= 11 is 0. The molecule has 27 heavy (non-hydrogen) atoms. The summed E-state index contributed by atoms with van der Waals surface area (Å²) < 4.78 is 10.5. The minimum absolute atomic E-state index is 0.0111. The van der Waals surface area contributed by atoms with Crippen molar-refractivity contribution in [2.45, 2.75) is 6.92 Å². The fourth-order valence-corrected chi connectivity index (χ4v) is 2.43. The molecule has 2 N–H and O–H groups in total. The van der Waals surface area contributed by atoms with Gasteiger partial charge >= 0.3 is 11.9 Å².